The third-order valence-corrected chi connectivity index (χ3v) is 7.73. The molecule has 0 spiro atoms. The third kappa shape index (κ3) is 5.05. The molecule has 2 aliphatic heterocycles. The summed E-state index contributed by atoms with van der Waals surface area (Å²) in [7, 11) is 0. The monoisotopic (exact) mass is 557 g/mol. The first-order chi connectivity index (χ1) is 19.0. The Morgan fingerprint density at radius 2 is 1.38 bits per heavy atom. The van der Waals surface area contributed by atoms with E-state index >= 15 is 0 Å². The van der Waals surface area contributed by atoms with Gasteiger partial charge in [0.1, 0.15) is 11.5 Å². The molecule has 4 aromatic rings. The molecule has 1 N–H and O–H groups in total. The number of halogens is 2. The van der Waals surface area contributed by atoms with Crippen LogP contribution in [0.1, 0.15) is 27.4 Å². The number of anilines is 2. The lowest BCUT2D eigenvalue weighted by atomic mass is 9.86. The Labute approximate surface area is 236 Å². The summed E-state index contributed by atoms with van der Waals surface area (Å²) in [6.45, 7) is 2.66. The molecule has 0 unspecified atom stereocenters. The molecule has 0 atom stereocenters. The SMILES string of the molecule is O=C(Nc1ccc(N2CCN(C(=O)C3c4ccccc4Oc4ccccc43)CC2)cc1)c1ccc(Cl)cc1Cl. The van der Waals surface area contributed by atoms with Gasteiger partial charge >= 0.3 is 0 Å². The van der Waals surface area contributed by atoms with Crippen molar-refractivity contribution in [2.45, 2.75) is 5.92 Å². The quantitative estimate of drug-likeness (QED) is 0.298. The first-order valence-corrected chi connectivity index (χ1v) is 13.5. The molecule has 2 heterocycles. The number of fused-ring (bicyclic) bond motifs is 2. The second kappa shape index (κ2) is 10.6. The van der Waals surface area contributed by atoms with Crippen molar-refractivity contribution in [2.24, 2.45) is 0 Å². The first kappa shape index (κ1) is 25.3. The summed E-state index contributed by atoms with van der Waals surface area (Å²) in [5, 5.41) is 3.65. The Morgan fingerprint density at radius 1 is 0.769 bits per heavy atom. The number of nitrogens with zero attached hydrogens (tertiary/aromatic N) is 2. The van der Waals surface area contributed by atoms with Gasteiger partial charge in [0.25, 0.3) is 5.91 Å². The summed E-state index contributed by atoms with van der Waals surface area (Å²) in [6, 6.07) is 28.0. The fraction of sp³-hybridized carbons (Fsp3) is 0.161. The molecule has 0 saturated carbocycles. The van der Waals surface area contributed by atoms with Gasteiger partial charge in [-0.3, -0.25) is 9.59 Å². The predicted octanol–water partition coefficient (Wildman–Crippen LogP) is 6.83. The fourth-order valence-electron chi connectivity index (χ4n) is 5.17. The largest absolute Gasteiger partial charge is 0.457 e. The lowest BCUT2D eigenvalue weighted by molar-refractivity contribution is -0.132. The van der Waals surface area contributed by atoms with E-state index in [2.05, 4.69) is 10.2 Å². The number of nitrogens with one attached hydrogen (secondary N) is 1. The zero-order valence-corrected chi connectivity index (χ0v) is 22.5. The fourth-order valence-corrected chi connectivity index (χ4v) is 5.67. The molecule has 6 rings (SSSR count). The molecule has 0 bridgehead atoms. The molecule has 2 amide bonds. The topological polar surface area (TPSA) is 61.9 Å². The normalized spacial score (nSPS) is 14.7. The minimum absolute atomic E-state index is 0.0942. The number of benzene rings is 4. The van der Waals surface area contributed by atoms with Crippen molar-refractivity contribution in [3.8, 4) is 11.5 Å². The minimum Gasteiger partial charge on any atom is -0.457 e. The minimum atomic E-state index is -0.380. The highest BCUT2D eigenvalue weighted by Crippen LogP contribution is 2.44. The molecule has 6 nitrogen and oxygen atoms in total. The number of hydrogen-bond donors (Lipinski definition) is 1. The molecule has 2 aliphatic rings. The van der Waals surface area contributed by atoms with Crippen LogP contribution in [0.4, 0.5) is 11.4 Å². The van der Waals surface area contributed by atoms with E-state index in [9.17, 15) is 9.59 Å². The Balaban J connectivity index is 1.11. The van der Waals surface area contributed by atoms with Crippen LogP contribution in [0.25, 0.3) is 0 Å². The number of amides is 2. The second-order valence-electron chi connectivity index (χ2n) is 9.55. The van der Waals surface area contributed by atoms with Crippen LogP contribution < -0.4 is 15.0 Å². The van der Waals surface area contributed by atoms with Crippen LogP contribution in [-0.4, -0.2) is 42.9 Å². The molecule has 39 heavy (non-hydrogen) atoms. The van der Waals surface area contributed by atoms with Crippen molar-refractivity contribution < 1.29 is 14.3 Å². The lowest BCUT2D eigenvalue weighted by Gasteiger charge is -2.38. The molecule has 8 heteroatoms. The van der Waals surface area contributed by atoms with Gasteiger partial charge in [-0.05, 0) is 54.6 Å². The third-order valence-electron chi connectivity index (χ3n) is 7.18. The highest BCUT2D eigenvalue weighted by Gasteiger charge is 2.36. The average molecular weight is 558 g/mol. The molecule has 0 aliphatic carbocycles. The molecule has 0 radical (unpaired) electrons. The van der Waals surface area contributed by atoms with E-state index in [1.807, 2.05) is 77.7 Å². The van der Waals surface area contributed by atoms with Crippen LogP contribution in [0.5, 0.6) is 11.5 Å². The van der Waals surface area contributed by atoms with Crippen LogP contribution in [0, 0.1) is 0 Å². The van der Waals surface area contributed by atoms with Gasteiger partial charge in [-0.15, -0.1) is 0 Å². The van der Waals surface area contributed by atoms with Crippen LogP contribution in [0.15, 0.2) is 91.0 Å². The summed E-state index contributed by atoms with van der Waals surface area (Å²) in [4.78, 5) is 30.6. The Hall–Kier alpha value is -4.00. The van der Waals surface area contributed by atoms with Gasteiger partial charge < -0.3 is 19.9 Å². The zero-order chi connectivity index (χ0) is 26.9. The van der Waals surface area contributed by atoms with Crippen molar-refractivity contribution in [3.05, 3.63) is 118 Å². The summed E-state index contributed by atoms with van der Waals surface area (Å²) in [5.74, 6) is 0.886. The van der Waals surface area contributed by atoms with Gasteiger partial charge in [0.2, 0.25) is 5.91 Å². The molecular formula is C31H25Cl2N3O3. The zero-order valence-electron chi connectivity index (χ0n) is 20.9. The Morgan fingerprint density at radius 3 is 2.00 bits per heavy atom. The van der Waals surface area contributed by atoms with E-state index in [0.29, 0.717) is 47.5 Å². The van der Waals surface area contributed by atoms with E-state index in [1.54, 1.807) is 18.2 Å². The Bertz CT molecular complexity index is 1500. The highest BCUT2D eigenvalue weighted by atomic mass is 35.5. The summed E-state index contributed by atoms with van der Waals surface area (Å²) >= 11 is 12.1. The van der Waals surface area contributed by atoms with Crippen molar-refractivity contribution in [3.63, 3.8) is 0 Å². The van der Waals surface area contributed by atoms with Crippen LogP contribution in [-0.2, 0) is 4.79 Å². The summed E-state index contributed by atoms with van der Waals surface area (Å²) < 4.78 is 6.07. The number of piperazine rings is 1. The molecule has 0 aromatic heterocycles. The maximum Gasteiger partial charge on any atom is 0.257 e. The van der Waals surface area contributed by atoms with E-state index in [0.717, 1.165) is 28.3 Å². The van der Waals surface area contributed by atoms with Crippen LogP contribution in [0.3, 0.4) is 0 Å². The van der Waals surface area contributed by atoms with Gasteiger partial charge in [0, 0.05) is 53.7 Å². The van der Waals surface area contributed by atoms with Gasteiger partial charge in [-0.25, -0.2) is 0 Å². The van der Waals surface area contributed by atoms with Gasteiger partial charge in [0.05, 0.1) is 16.5 Å². The van der Waals surface area contributed by atoms with Crippen molar-refractivity contribution >= 4 is 46.4 Å². The van der Waals surface area contributed by atoms with E-state index < -0.39 is 0 Å². The van der Waals surface area contributed by atoms with Gasteiger partial charge in [-0.2, -0.15) is 0 Å². The smallest absolute Gasteiger partial charge is 0.257 e. The second-order valence-corrected chi connectivity index (χ2v) is 10.4. The lowest BCUT2D eigenvalue weighted by Crippen LogP contribution is -2.50. The van der Waals surface area contributed by atoms with Crippen molar-refractivity contribution in [1.29, 1.82) is 0 Å². The number of para-hydroxylation sites is 2. The molecule has 1 fully saturated rings. The van der Waals surface area contributed by atoms with Crippen molar-refractivity contribution in [1.82, 2.24) is 4.90 Å². The molecule has 1 saturated heterocycles. The summed E-state index contributed by atoms with van der Waals surface area (Å²) in [6.07, 6.45) is 0. The van der Waals surface area contributed by atoms with E-state index in [-0.39, 0.29) is 17.7 Å². The summed E-state index contributed by atoms with van der Waals surface area (Å²) in [5.41, 5.74) is 3.87. The van der Waals surface area contributed by atoms with Gasteiger partial charge in [0.15, 0.2) is 0 Å². The maximum absolute atomic E-state index is 13.8. The molecule has 196 valence electrons. The first-order valence-electron chi connectivity index (χ1n) is 12.7. The number of ether oxygens (including phenoxy) is 1. The van der Waals surface area contributed by atoms with Crippen molar-refractivity contribution in [2.75, 3.05) is 36.4 Å². The maximum atomic E-state index is 13.8. The number of carbonyl (C=O) groups is 2. The number of carbonyl (C=O) groups excluding carboxylic acids is 2. The molecular weight excluding hydrogens is 533 g/mol. The van der Waals surface area contributed by atoms with Gasteiger partial charge in [-0.1, -0.05) is 59.6 Å². The van der Waals surface area contributed by atoms with Crippen LogP contribution >= 0.6 is 23.2 Å². The van der Waals surface area contributed by atoms with E-state index in [1.165, 1.54) is 0 Å². The number of hydrogen-bond acceptors (Lipinski definition) is 4. The van der Waals surface area contributed by atoms with E-state index in [4.69, 9.17) is 27.9 Å². The molecule has 4 aromatic carbocycles. The predicted molar refractivity (Wildman–Crippen MR) is 154 cm³/mol. The number of rotatable bonds is 4. The highest BCUT2D eigenvalue weighted by molar-refractivity contribution is 6.37. The standard InChI is InChI=1S/C31H25Cl2N3O3/c32-20-9-14-23(26(33)19-20)30(37)34-21-10-12-22(13-11-21)35-15-17-36(18-16-35)31(38)29-24-5-1-3-7-27(24)39-28-8-4-2-6-25(28)29/h1-14,19,29H,15-18H2,(H,34,37). The average Bonchev–Trinajstić information content (AvgIpc) is 2.96. The van der Waals surface area contributed by atoms with Crippen LogP contribution in [0.2, 0.25) is 10.0 Å². The Kier molecular flexibility index (Phi) is 6.90.